The van der Waals surface area contributed by atoms with Gasteiger partial charge in [-0.3, -0.25) is 0 Å². The van der Waals surface area contributed by atoms with Gasteiger partial charge in [0.15, 0.2) is 0 Å². The van der Waals surface area contributed by atoms with Crippen LogP contribution in [0.4, 0.5) is 0 Å². The number of hydrogen-bond acceptors (Lipinski definition) is 2. The van der Waals surface area contributed by atoms with Crippen LogP contribution in [0, 0.1) is 0 Å². The minimum absolute atomic E-state index is 0.0650. The molecule has 0 fully saturated rings. The lowest BCUT2D eigenvalue weighted by molar-refractivity contribution is 0.409. The number of alkyl halides is 1. The second-order valence-corrected chi connectivity index (χ2v) is 6.84. The molecule has 19 heavy (non-hydrogen) atoms. The van der Waals surface area contributed by atoms with Gasteiger partial charge in [0.05, 0.1) is 5.75 Å². The normalized spacial score (nSPS) is 12.0. The summed E-state index contributed by atoms with van der Waals surface area (Å²) >= 11 is 5.72. The molecule has 0 radical (unpaired) electrons. The van der Waals surface area contributed by atoms with E-state index in [9.17, 15) is 8.42 Å². The molecule has 0 aliphatic heterocycles. The predicted octanol–water partition coefficient (Wildman–Crippen LogP) is 3.38. The van der Waals surface area contributed by atoms with Gasteiger partial charge in [0.1, 0.15) is 0 Å². The van der Waals surface area contributed by atoms with Gasteiger partial charge in [-0.2, -0.15) is 0 Å². The maximum Gasteiger partial charge on any atom is 0.218 e. The Labute approximate surface area is 121 Å². The lowest BCUT2D eigenvalue weighted by Gasteiger charge is -2.21. The molecule has 0 amide bonds. The van der Waals surface area contributed by atoms with Crippen molar-refractivity contribution in [3.63, 3.8) is 0 Å². The largest absolute Gasteiger partial charge is 0.218 e. The number of rotatable bonds is 8. The highest BCUT2D eigenvalue weighted by atomic mass is 35.5. The average Bonchev–Trinajstić information content (AvgIpc) is 2.39. The number of nitrogens with zero attached hydrogens (tertiary/aromatic N) is 1. The van der Waals surface area contributed by atoms with Crippen LogP contribution in [-0.4, -0.2) is 25.8 Å². The fourth-order valence-electron chi connectivity index (χ4n) is 1.92. The fraction of sp³-hybridized carbons (Fsp3) is 0.571. The molecular formula is C14H22ClNO2S. The van der Waals surface area contributed by atoms with Crippen molar-refractivity contribution >= 4 is 21.6 Å². The molecule has 0 spiro atoms. The Balaban J connectivity index is 2.81. The number of hydrogen-bond donors (Lipinski definition) is 0. The maximum absolute atomic E-state index is 12.3. The lowest BCUT2D eigenvalue weighted by Crippen LogP contribution is -2.33. The van der Waals surface area contributed by atoms with E-state index in [4.69, 9.17) is 11.6 Å². The van der Waals surface area contributed by atoms with E-state index in [1.165, 1.54) is 0 Å². The van der Waals surface area contributed by atoms with Crippen molar-refractivity contribution in [1.29, 1.82) is 0 Å². The fourth-order valence-corrected chi connectivity index (χ4v) is 3.81. The van der Waals surface area contributed by atoms with Gasteiger partial charge < -0.3 is 0 Å². The van der Waals surface area contributed by atoms with Crippen molar-refractivity contribution in [3.05, 3.63) is 35.4 Å². The maximum atomic E-state index is 12.3. The summed E-state index contributed by atoms with van der Waals surface area (Å²) in [6.07, 6.45) is 1.68. The second-order valence-electron chi connectivity index (χ2n) is 4.61. The molecule has 5 heteroatoms. The molecule has 0 aliphatic rings. The van der Waals surface area contributed by atoms with Crippen LogP contribution in [0.2, 0.25) is 0 Å². The SMILES string of the molecule is CCCN(CCC)S(=O)(=O)Cc1ccc(CCl)cc1. The van der Waals surface area contributed by atoms with Crippen LogP contribution in [0.25, 0.3) is 0 Å². The number of halogens is 1. The summed E-state index contributed by atoms with van der Waals surface area (Å²) in [4.78, 5) is 0. The molecule has 0 atom stereocenters. The van der Waals surface area contributed by atoms with Gasteiger partial charge in [-0.05, 0) is 24.0 Å². The third kappa shape index (κ3) is 5.13. The Morgan fingerprint density at radius 3 is 1.89 bits per heavy atom. The summed E-state index contributed by atoms with van der Waals surface area (Å²) in [6, 6.07) is 7.43. The van der Waals surface area contributed by atoms with Crippen LogP contribution in [0.5, 0.6) is 0 Å². The van der Waals surface area contributed by atoms with Crippen molar-refractivity contribution in [2.75, 3.05) is 13.1 Å². The van der Waals surface area contributed by atoms with E-state index in [0.717, 1.165) is 24.0 Å². The molecule has 1 rings (SSSR count). The molecule has 0 heterocycles. The summed E-state index contributed by atoms with van der Waals surface area (Å²) in [5.41, 5.74) is 1.81. The topological polar surface area (TPSA) is 37.4 Å². The molecular weight excluding hydrogens is 282 g/mol. The molecule has 1 aromatic rings. The van der Waals surface area contributed by atoms with Crippen molar-refractivity contribution < 1.29 is 8.42 Å². The van der Waals surface area contributed by atoms with Crippen LogP contribution >= 0.6 is 11.6 Å². The van der Waals surface area contributed by atoms with E-state index in [1.54, 1.807) is 4.31 Å². The molecule has 0 saturated carbocycles. The van der Waals surface area contributed by atoms with Crippen LogP contribution in [0.1, 0.15) is 37.8 Å². The summed E-state index contributed by atoms with van der Waals surface area (Å²) in [6.45, 7) is 5.17. The number of benzene rings is 1. The van der Waals surface area contributed by atoms with Crippen LogP contribution in [0.15, 0.2) is 24.3 Å². The van der Waals surface area contributed by atoms with Crippen LogP contribution in [0.3, 0.4) is 0 Å². The zero-order valence-electron chi connectivity index (χ0n) is 11.6. The van der Waals surface area contributed by atoms with E-state index < -0.39 is 10.0 Å². The second kappa shape index (κ2) is 7.88. The first-order valence-corrected chi connectivity index (χ1v) is 8.79. The van der Waals surface area contributed by atoms with Crippen molar-refractivity contribution in [2.24, 2.45) is 0 Å². The van der Waals surface area contributed by atoms with Gasteiger partial charge in [-0.15, -0.1) is 11.6 Å². The first-order chi connectivity index (χ1) is 9.03. The Hall–Kier alpha value is -0.580. The minimum atomic E-state index is -3.22. The van der Waals surface area contributed by atoms with Gasteiger partial charge >= 0.3 is 0 Å². The zero-order chi connectivity index (χ0) is 14.3. The van der Waals surface area contributed by atoms with Crippen LogP contribution in [-0.2, 0) is 21.7 Å². The predicted molar refractivity (Wildman–Crippen MR) is 80.8 cm³/mol. The molecule has 1 aromatic carbocycles. The van der Waals surface area contributed by atoms with E-state index in [1.807, 2.05) is 38.1 Å². The Morgan fingerprint density at radius 1 is 1.00 bits per heavy atom. The van der Waals surface area contributed by atoms with Gasteiger partial charge in [-0.1, -0.05) is 38.1 Å². The highest BCUT2D eigenvalue weighted by Gasteiger charge is 2.20. The Bertz CT molecular complexity index is 465. The molecule has 108 valence electrons. The first kappa shape index (κ1) is 16.5. The smallest absolute Gasteiger partial charge is 0.212 e. The summed E-state index contributed by atoms with van der Waals surface area (Å²) in [7, 11) is -3.22. The van der Waals surface area contributed by atoms with Gasteiger partial charge in [0.2, 0.25) is 10.0 Å². The monoisotopic (exact) mass is 303 g/mol. The average molecular weight is 304 g/mol. The Morgan fingerprint density at radius 2 is 1.47 bits per heavy atom. The van der Waals surface area contributed by atoms with Gasteiger partial charge in [-0.25, -0.2) is 12.7 Å². The van der Waals surface area contributed by atoms with Crippen molar-refractivity contribution in [2.45, 2.75) is 38.3 Å². The van der Waals surface area contributed by atoms with E-state index in [2.05, 4.69) is 0 Å². The molecule has 0 saturated heterocycles. The zero-order valence-corrected chi connectivity index (χ0v) is 13.2. The highest BCUT2D eigenvalue weighted by molar-refractivity contribution is 7.88. The third-order valence-electron chi connectivity index (χ3n) is 2.87. The third-order valence-corrected chi connectivity index (χ3v) is 5.02. The molecule has 0 bridgehead atoms. The molecule has 0 N–H and O–H groups in total. The van der Waals surface area contributed by atoms with Crippen molar-refractivity contribution in [1.82, 2.24) is 4.31 Å². The van der Waals surface area contributed by atoms with Gasteiger partial charge in [0, 0.05) is 19.0 Å². The van der Waals surface area contributed by atoms with E-state index >= 15 is 0 Å². The van der Waals surface area contributed by atoms with Crippen LogP contribution < -0.4 is 0 Å². The summed E-state index contributed by atoms with van der Waals surface area (Å²) in [5.74, 6) is 0.514. The highest BCUT2D eigenvalue weighted by Crippen LogP contribution is 2.14. The molecule has 3 nitrogen and oxygen atoms in total. The van der Waals surface area contributed by atoms with E-state index in [-0.39, 0.29) is 5.75 Å². The minimum Gasteiger partial charge on any atom is -0.212 e. The first-order valence-electron chi connectivity index (χ1n) is 6.65. The summed E-state index contributed by atoms with van der Waals surface area (Å²) < 4.78 is 26.3. The molecule has 0 unspecified atom stereocenters. The quantitative estimate of drug-likeness (QED) is 0.690. The Kier molecular flexibility index (Phi) is 6.83. The summed E-state index contributed by atoms with van der Waals surface area (Å²) in [5, 5.41) is 0. The molecule has 0 aliphatic carbocycles. The van der Waals surface area contributed by atoms with Crippen molar-refractivity contribution in [3.8, 4) is 0 Å². The van der Waals surface area contributed by atoms with E-state index in [0.29, 0.717) is 19.0 Å². The standard InChI is InChI=1S/C14H22ClNO2S/c1-3-9-16(10-4-2)19(17,18)12-14-7-5-13(11-15)6-8-14/h5-8H,3-4,9-12H2,1-2H3. The number of sulfonamides is 1. The van der Waals surface area contributed by atoms with Gasteiger partial charge in [0.25, 0.3) is 0 Å². The lowest BCUT2D eigenvalue weighted by atomic mass is 10.2. The molecule has 0 aromatic heterocycles.